The van der Waals surface area contributed by atoms with Crippen molar-refractivity contribution >= 4 is 5.91 Å². The molecule has 1 aliphatic carbocycles. The zero-order chi connectivity index (χ0) is 14.6. The van der Waals surface area contributed by atoms with Gasteiger partial charge in [-0.2, -0.15) is 0 Å². The van der Waals surface area contributed by atoms with E-state index in [0.717, 1.165) is 32.1 Å². The third-order valence-electron chi connectivity index (χ3n) is 4.41. The van der Waals surface area contributed by atoms with Crippen LogP contribution in [0, 0.1) is 0 Å². The number of aryl methyl sites for hydroxylation is 1. The first-order chi connectivity index (χ1) is 9.58. The summed E-state index contributed by atoms with van der Waals surface area (Å²) in [4.78, 5) is 12.7. The Bertz CT molecular complexity index is 472. The summed E-state index contributed by atoms with van der Waals surface area (Å²) < 4.78 is 0. The molecule has 1 aromatic rings. The smallest absolute Gasteiger partial charge is 0.230 e. The molecule has 1 amide bonds. The Morgan fingerprint density at radius 3 is 2.95 bits per heavy atom. The summed E-state index contributed by atoms with van der Waals surface area (Å²) >= 11 is 0. The van der Waals surface area contributed by atoms with Crippen molar-refractivity contribution in [2.75, 3.05) is 6.61 Å². The van der Waals surface area contributed by atoms with Crippen molar-refractivity contribution in [3.63, 3.8) is 0 Å². The van der Waals surface area contributed by atoms with E-state index in [1.165, 1.54) is 11.1 Å². The fourth-order valence-electron chi connectivity index (χ4n) is 3.13. The van der Waals surface area contributed by atoms with E-state index in [4.69, 9.17) is 5.11 Å². The van der Waals surface area contributed by atoms with Gasteiger partial charge in [-0.3, -0.25) is 4.79 Å². The molecule has 0 saturated carbocycles. The number of rotatable bonds is 5. The number of benzene rings is 1. The molecule has 2 atom stereocenters. The van der Waals surface area contributed by atoms with Crippen LogP contribution in [0.15, 0.2) is 24.3 Å². The number of aliphatic hydroxyl groups excluding tert-OH is 1. The molecule has 1 aliphatic rings. The summed E-state index contributed by atoms with van der Waals surface area (Å²) in [7, 11) is 0. The van der Waals surface area contributed by atoms with Crippen molar-refractivity contribution < 1.29 is 9.90 Å². The highest BCUT2D eigenvalue weighted by molar-refractivity contribution is 5.88. The van der Waals surface area contributed by atoms with Crippen molar-refractivity contribution in [2.24, 2.45) is 0 Å². The molecule has 2 rings (SSSR count). The molecule has 0 aliphatic heterocycles. The highest BCUT2D eigenvalue weighted by atomic mass is 16.3. The first-order valence-corrected chi connectivity index (χ1v) is 7.58. The molecule has 2 unspecified atom stereocenters. The number of hydrogen-bond acceptors (Lipinski definition) is 2. The van der Waals surface area contributed by atoms with Crippen LogP contribution < -0.4 is 5.32 Å². The molecule has 0 heterocycles. The Kier molecular flexibility index (Phi) is 4.81. The molecular weight excluding hydrogens is 250 g/mol. The Hall–Kier alpha value is -1.35. The van der Waals surface area contributed by atoms with Gasteiger partial charge in [0.25, 0.3) is 0 Å². The van der Waals surface area contributed by atoms with Crippen molar-refractivity contribution in [3.8, 4) is 0 Å². The van der Waals surface area contributed by atoms with Gasteiger partial charge < -0.3 is 10.4 Å². The molecule has 0 fully saturated rings. The number of hydrogen-bond donors (Lipinski definition) is 2. The summed E-state index contributed by atoms with van der Waals surface area (Å²) in [5.41, 5.74) is 2.07. The second-order valence-corrected chi connectivity index (χ2v) is 6.08. The van der Waals surface area contributed by atoms with Gasteiger partial charge in [0.1, 0.15) is 0 Å². The molecule has 3 nitrogen and oxygen atoms in total. The average molecular weight is 275 g/mol. The zero-order valence-corrected chi connectivity index (χ0v) is 12.5. The molecule has 0 saturated heterocycles. The highest BCUT2D eigenvalue weighted by Gasteiger charge is 2.38. The fraction of sp³-hybridized carbons (Fsp3) is 0.588. The molecule has 0 spiro atoms. The lowest BCUT2D eigenvalue weighted by Gasteiger charge is -2.35. The lowest BCUT2D eigenvalue weighted by Crippen LogP contribution is -2.47. The fourth-order valence-corrected chi connectivity index (χ4v) is 3.13. The molecule has 110 valence electrons. The van der Waals surface area contributed by atoms with Crippen molar-refractivity contribution in [3.05, 3.63) is 35.4 Å². The number of carbonyl (C=O) groups is 1. The molecular formula is C17H25NO2. The van der Waals surface area contributed by atoms with Gasteiger partial charge in [-0.1, -0.05) is 24.3 Å². The lowest BCUT2D eigenvalue weighted by atomic mass is 9.70. The molecule has 2 N–H and O–H groups in total. The first kappa shape index (κ1) is 15.0. The molecule has 0 bridgehead atoms. The van der Waals surface area contributed by atoms with Gasteiger partial charge in [0, 0.05) is 12.6 Å². The van der Waals surface area contributed by atoms with Crippen molar-refractivity contribution in [1.29, 1.82) is 0 Å². The summed E-state index contributed by atoms with van der Waals surface area (Å²) in [6.07, 6.45) is 4.59. The first-order valence-electron chi connectivity index (χ1n) is 7.58. The van der Waals surface area contributed by atoms with Crippen LogP contribution in [-0.2, 0) is 16.6 Å². The maximum Gasteiger partial charge on any atom is 0.230 e. The van der Waals surface area contributed by atoms with E-state index in [1.807, 2.05) is 19.1 Å². The number of fused-ring (bicyclic) bond motifs is 1. The van der Waals surface area contributed by atoms with Crippen LogP contribution in [0.3, 0.4) is 0 Å². The Morgan fingerprint density at radius 2 is 2.20 bits per heavy atom. The molecule has 1 aromatic carbocycles. The predicted molar refractivity (Wildman–Crippen MR) is 80.7 cm³/mol. The molecule has 0 aromatic heterocycles. The largest absolute Gasteiger partial charge is 0.396 e. The third-order valence-corrected chi connectivity index (χ3v) is 4.41. The van der Waals surface area contributed by atoms with Gasteiger partial charge in [-0.15, -0.1) is 0 Å². The van der Waals surface area contributed by atoms with Crippen LogP contribution in [0.4, 0.5) is 0 Å². The second kappa shape index (κ2) is 6.40. The molecule has 0 radical (unpaired) electrons. The number of aliphatic hydroxyl groups is 1. The van der Waals surface area contributed by atoms with E-state index in [-0.39, 0.29) is 18.6 Å². The van der Waals surface area contributed by atoms with Gasteiger partial charge in [-0.05, 0) is 57.1 Å². The highest BCUT2D eigenvalue weighted by Crippen LogP contribution is 2.37. The maximum atomic E-state index is 12.7. The second-order valence-electron chi connectivity index (χ2n) is 6.08. The maximum absolute atomic E-state index is 12.7. The Morgan fingerprint density at radius 1 is 1.45 bits per heavy atom. The SMILES string of the molecule is CC(CCCO)NC(=O)C1(C)CCCc2ccccc21. The van der Waals surface area contributed by atoms with Gasteiger partial charge in [0.05, 0.1) is 5.41 Å². The van der Waals surface area contributed by atoms with Gasteiger partial charge in [-0.25, -0.2) is 0 Å². The van der Waals surface area contributed by atoms with E-state index in [2.05, 4.69) is 24.4 Å². The standard InChI is InChI=1S/C17H25NO2/c1-13(7-6-12-19)18-16(20)17(2)11-5-9-14-8-3-4-10-15(14)17/h3-4,8,10,13,19H,5-7,9,11-12H2,1-2H3,(H,18,20). The van der Waals surface area contributed by atoms with Crippen LogP contribution in [0.5, 0.6) is 0 Å². The third kappa shape index (κ3) is 3.04. The monoisotopic (exact) mass is 275 g/mol. The quantitative estimate of drug-likeness (QED) is 0.867. The number of amides is 1. The summed E-state index contributed by atoms with van der Waals surface area (Å²) in [6.45, 7) is 4.24. The Labute approximate surface area is 121 Å². The summed E-state index contributed by atoms with van der Waals surface area (Å²) in [6, 6.07) is 8.40. The summed E-state index contributed by atoms with van der Waals surface area (Å²) in [5.74, 6) is 0.120. The zero-order valence-electron chi connectivity index (χ0n) is 12.5. The van der Waals surface area contributed by atoms with Crippen LogP contribution in [0.25, 0.3) is 0 Å². The minimum atomic E-state index is -0.414. The van der Waals surface area contributed by atoms with E-state index in [0.29, 0.717) is 0 Å². The molecule has 20 heavy (non-hydrogen) atoms. The molecule has 3 heteroatoms. The summed E-state index contributed by atoms with van der Waals surface area (Å²) in [5, 5.41) is 12.0. The normalized spacial score (nSPS) is 22.9. The van der Waals surface area contributed by atoms with Gasteiger partial charge in [0.2, 0.25) is 5.91 Å². The lowest BCUT2D eigenvalue weighted by molar-refractivity contribution is -0.127. The topological polar surface area (TPSA) is 49.3 Å². The Balaban J connectivity index is 2.13. The predicted octanol–water partition coefficient (Wildman–Crippen LogP) is 2.56. The van der Waals surface area contributed by atoms with Crippen molar-refractivity contribution in [2.45, 2.75) is 57.4 Å². The number of carbonyl (C=O) groups excluding carboxylic acids is 1. The number of nitrogens with one attached hydrogen (secondary N) is 1. The van der Waals surface area contributed by atoms with E-state index < -0.39 is 5.41 Å². The van der Waals surface area contributed by atoms with Gasteiger partial charge >= 0.3 is 0 Å². The van der Waals surface area contributed by atoms with Crippen LogP contribution in [0.1, 0.15) is 50.7 Å². The van der Waals surface area contributed by atoms with Gasteiger partial charge in [0.15, 0.2) is 0 Å². The van der Waals surface area contributed by atoms with Crippen molar-refractivity contribution in [1.82, 2.24) is 5.32 Å². The van der Waals surface area contributed by atoms with E-state index in [1.54, 1.807) is 0 Å². The van der Waals surface area contributed by atoms with E-state index in [9.17, 15) is 4.79 Å². The van der Waals surface area contributed by atoms with Crippen LogP contribution in [-0.4, -0.2) is 23.7 Å². The minimum absolute atomic E-state index is 0.112. The van der Waals surface area contributed by atoms with Crippen LogP contribution in [0.2, 0.25) is 0 Å². The average Bonchev–Trinajstić information content (AvgIpc) is 2.45. The van der Waals surface area contributed by atoms with Crippen LogP contribution >= 0.6 is 0 Å². The van der Waals surface area contributed by atoms with E-state index >= 15 is 0 Å². The minimum Gasteiger partial charge on any atom is -0.396 e.